The number of carbonyl (C=O) groups excluding carboxylic acids is 1. The Morgan fingerprint density at radius 1 is 1.33 bits per heavy atom. The third-order valence-corrected chi connectivity index (χ3v) is 4.28. The number of hydrogen-bond donors (Lipinski definition) is 2. The summed E-state index contributed by atoms with van der Waals surface area (Å²) in [7, 11) is 0. The summed E-state index contributed by atoms with van der Waals surface area (Å²) in [6, 6.07) is 8.57. The van der Waals surface area contributed by atoms with Gasteiger partial charge < -0.3 is 11.1 Å². The molecule has 0 aliphatic carbocycles. The highest BCUT2D eigenvalue weighted by molar-refractivity contribution is 9.10. The monoisotopic (exact) mass is 370 g/mol. The first-order valence-electron chi connectivity index (χ1n) is 6.15. The molecule has 2 aromatic rings. The number of primary amides is 1. The average Bonchev–Trinajstić information content (AvgIpc) is 2.42. The van der Waals surface area contributed by atoms with Gasteiger partial charge in [-0.3, -0.25) is 4.79 Å². The highest BCUT2D eigenvalue weighted by Gasteiger charge is 2.20. The zero-order valence-electron chi connectivity index (χ0n) is 11.2. The number of nitrogens with two attached hydrogens (primary N) is 1. The van der Waals surface area contributed by atoms with Crippen LogP contribution in [0.2, 0.25) is 5.02 Å². The number of benzene rings is 2. The van der Waals surface area contributed by atoms with Gasteiger partial charge in [-0.15, -0.1) is 0 Å². The summed E-state index contributed by atoms with van der Waals surface area (Å²) in [5.74, 6) is -1.00. The van der Waals surface area contributed by atoms with Gasteiger partial charge in [-0.1, -0.05) is 17.7 Å². The van der Waals surface area contributed by atoms with E-state index in [4.69, 9.17) is 17.3 Å². The van der Waals surface area contributed by atoms with Gasteiger partial charge in [0.05, 0.1) is 5.02 Å². The van der Waals surface area contributed by atoms with Gasteiger partial charge in [0, 0.05) is 10.2 Å². The van der Waals surface area contributed by atoms with Crippen molar-refractivity contribution in [2.24, 2.45) is 5.73 Å². The lowest BCUT2D eigenvalue weighted by Gasteiger charge is -2.19. The maximum Gasteiger partial charge on any atom is 0.244 e. The van der Waals surface area contributed by atoms with Gasteiger partial charge in [0.15, 0.2) is 0 Å². The first-order chi connectivity index (χ1) is 9.88. The largest absolute Gasteiger partial charge is 0.370 e. The number of amides is 1. The molecular formula is C15H13BrClFN2O. The van der Waals surface area contributed by atoms with Gasteiger partial charge in [-0.25, -0.2) is 4.39 Å². The van der Waals surface area contributed by atoms with Crippen LogP contribution in [0.4, 0.5) is 10.1 Å². The summed E-state index contributed by atoms with van der Waals surface area (Å²) in [5.41, 5.74) is 7.38. The second-order valence-corrected chi connectivity index (χ2v) is 5.87. The minimum Gasteiger partial charge on any atom is -0.370 e. The molecule has 1 atom stereocenters. The molecule has 3 N–H and O–H groups in total. The Kier molecular flexibility index (Phi) is 4.85. The first kappa shape index (κ1) is 15.8. The van der Waals surface area contributed by atoms with Crippen molar-refractivity contribution in [3.05, 3.63) is 62.8 Å². The Balaban J connectivity index is 2.37. The van der Waals surface area contributed by atoms with Crippen molar-refractivity contribution >= 4 is 39.1 Å². The van der Waals surface area contributed by atoms with Crippen molar-refractivity contribution in [3.8, 4) is 0 Å². The fraction of sp³-hybridized carbons (Fsp3) is 0.133. The van der Waals surface area contributed by atoms with Crippen molar-refractivity contribution in [1.29, 1.82) is 0 Å². The molecule has 0 heterocycles. The minimum atomic E-state index is -0.825. The summed E-state index contributed by atoms with van der Waals surface area (Å²) in [6.45, 7) is 1.80. The van der Waals surface area contributed by atoms with E-state index in [9.17, 15) is 9.18 Å². The fourth-order valence-corrected chi connectivity index (χ4v) is 2.47. The maximum atomic E-state index is 13.4. The van der Waals surface area contributed by atoms with Crippen LogP contribution in [0.15, 0.2) is 40.9 Å². The molecule has 21 heavy (non-hydrogen) atoms. The summed E-state index contributed by atoms with van der Waals surface area (Å²) < 4.78 is 14.1. The van der Waals surface area contributed by atoms with Crippen LogP contribution in [0.1, 0.15) is 17.2 Å². The molecule has 0 saturated heterocycles. The average molecular weight is 372 g/mol. The number of hydrogen-bond acceptors (Lipinski definition) is 2. The maximum absolute atomic E-state index is 13.4. The van der Waals surface area contributed by atoms with Crippen LogP contribution in [-0.2, 0) is 4.79 Å². The van der Waals surface area contributed by atoms with Crippen molar-refractivity contribution in [1.82, 2.24) is 0 Å². The molecule has 0 radical (unpaired) electrons. The Hall–Kier alpha value is -1.59. The summed E-state index contributed by atoms with van der Waals surface area (Å²) in [6.07, 6.45) is 0. The van der Waals surface area contributed by atoms with Crippen molar-refractivity contribution in [2.75, 3.05) is 5.32 Å². The van der Waals surface area contributed by atoms with E-state index in [0.29, 0.717) is 20.7 Å². The molecule has 0 aromatic heterocycles. The number of halogens is 3. The Morgan fingerprint density at radius 2 is 2.05 bits per heavy atom. The Bertz CT molecular complexity index is 693. The number of carbonyl (C=O) groups is 1. The van der Waals surface area contributed by atoms with Gasteiger partial charge in [-0.05, 0) is 64.3 Å². The number of aryl methyl sites for hydroxylation is 1. The molecule has 6 heteroatoms. The minimum absolute atomic E-state index is 0.416. The quantitative estimate of drug-likeness (QED) is 0.847. The molecule has 2 rings (SSSR count). The van der Waals surface area contributed by atoms with Crippen LogP contribution in [0.5, 0.6) is 0 Å². The molecule has 0 bridgehead atoms. The van der Waals surface area contributed by atoms with Crippen molar-refractivity contribution < 1.29 is 9.18 Å². The number of rotatable bonds is 4. The molecular weight excluding hydrogens is 359 g/mol. The lowest BCUT2D eigenvalue weighted by atomic mass is 10.00. The van der Waals surface area contributed by atoms with Gasteiger partial charge in [0.25, 0.3) is 0 Å². The summed E-state index contributed by atoms with van der Waals surface area (Å²) in [4.78, 5) is 11.7. The number of nitrogens with one attached hydrogen (secondary N) is 1. The SMILES string of the molecule is Cc1ccc(F)cc1C(Nc1ccc(Cl)c(Br)c1)C(N)=O. The fourth-order valence-electron chi connectivity index (χ4n) is 1.98. The van der Waals surface area contributed by atoms with Gasteiger partial charge in [-0.2, -0.15) is 0 Å². The van der Waals surface area contributed by atoms with Crippen LogP contribution in [0.3, 0.4) is 0 Å². The van der Waals surface area contributed by atoms with E-state index in [0.717, 1.165) is 5.56 Å². The zero-order chi connectivity index (χ0) is 15.6. The van der Waals surface area contributed by atoms with E-state index >= 15 is 0 Å². The normalized spacial score (nSPS) is 12.0. The highest BCUT2D eigenvalue weighted by atomic mass is 79.9. The predicted octanol–water partition coefficient (Wildman–Crippen LogP) is 4.19. The third-order valence-electron chi connectivity index (χ3n) is 3.07. The third kappa shape index (κ3) is 3.74. The van der Waals surface area contributed by atoms with Crippen LogP contribution in [0.25, 0.3) is 0 Å². The van der Waals surface area contributed by atoms with E-state index in [1.54, 1.807) is 31.2 Å². The standard InChI is InChI=1S/C15H13BrClFN2O/c1-8-2-3-9(18)6-11(8)14(15(19)21)20-10-4-5-13(17)12(16)7-10/h2-7,14,20H,1H3,(H2,19,21). The van der Waals surface area contributed by atoms with Gasteiger partial charge >= 0.3 is 0 Å². The lowest BCUT2D eigenvalue weighted by molar-refractivity contribution is -0.118. The van der Waals surface area contributed by atoms with E-state index in [1.807, 2.05) is 0 Å². The lowest BCUT2D eigenvalue weighted by Crippen LogP contribution is -2.28. The van der Waals surface area contributed by atoms with Crippen LogP contribution in [0, 0.1) is 12.7 Å². The highest BCUT2D eigenvalue weighted by Crippen LogP contribution is 2.29. The van der Waals surface area contributed by atoms with E-state index in [1.165, 1.54) is 12.1 Å². The van der Waals surface area contributed by atoms with Gasteiger partial charge in [0.1, 0.15) is 11.9 Å². The molecule has 0 aliphatic rings. The first-order valence-corrected chi connectivity index (χ1v) is 7.32. The van der Waals surface area contributed by atoms with Crippen LogP contribution >= 0.6 is 27.5 Å². The smallest absolute Gasteiger partial charge is 0.244 e. The second-order valence-electron chi connectivity index (χ2n) is 4.61. The molecule has 1 amide bonds. The molecule has 0 spiro atoms. The molecule has 0 saturated carbocycles. The predicted molar refractivity (Wildman–Crippen MR) is 85.8 cm³/mol. The summed E-state index contributed by atoms with van der Waals surface area (Å²) in [5, 5.41) is 3.55. The van der Waals surface area contributed by atoms with Crippen LogP contribution < -0.4 is 11.1 Å². The van der Waals surface area contributed by atoms with E-state index < -0.39 is 17.8 Å². The van der Waals surface area contributed by atoms with Gasteiger partial charge in [0.2, 0.25) is 5.91 Å². The molecule has 3 nitrogen and oxygen atoms in total. The topological polar surface area (TPSA) is 55.1 Å². The van der Waals surface area contributed by atoms with E-state index in [-0.39, 0.29) is 0 Å². The second kappa shape index (κ2) is 6.45. The Labute approximate surface area is 135 Å². The van der Waals surface area contributed by atoms with Crippen molar-refractivity contribution in [2.45, 2.75) is 13.0 Å². The molecule has 110 valence electrons. The van der Waals surface area contributed by atoms with Crippen molar-refractivity contribution in [3.63, 3.8) is 0 Å². The van der Waals surface area contributed by atoms with E-state index in [2.05, 4.69) is 21.2 Å². The zero-order valence-corrected chi connectivity index (χ0v) is 13.5. The molecule has 0 aliphatic heterocycles. The molecule has 0 fully saturated rings. The Morgan fingerprint density at radius 3 is 2.67 bits per heavy atom. The number of anilines is 1. The van der Waals surface area contributed by atoms with Crippen LogP contribution in [-0.4, -0.2) is 5.91 Å². The summed E-state index contributed by atoms with van der Waals surface area (Å²) >= 11 is 9.23. The molecule has 2 aromatic carbocycles. The molecule has 1 unspecified atom stereocenters.